The lowest BCUT2D eigenvalue weighted by molar-refractivity contribution is -0.116. The number of nitrogens with zero attached hydrogens (tertiary/aromatic N) is 1. The molecule has 2 aliphatic rings. The van der Waals surface area contributed by atoms with Crippen LogP contribution in [0.1, 0.15) is 44.9 Å². The normalized spacial score (nSPS) is 29.1. The highest BCUT2D eigenvalue weighted by Crippen LogP contribution is 2.36. The van der Waals surface area contributed by atoms with Crippen LogP contribution in [0, 0.1) is 5.92 Å². The van der Waals surface area contributed by atoms with Gasteiger partial charge in [-0.1, -0.05) is 24.6 Å². The molecule has 4 unspecified atom stereocenters. The van der Waals surface area contributed by atoms with Crippen molar-refractivity contribution in [3.05, 3.63) is 30.3 Å². The molecule has 0 aromatic heterocycles. The average molecular weight is 383 g/mol. The maximum Gasteiger partial charge on any atom is 0.225 e. The van der Waals surface area contributed by atoms with Crippen molar-refractivity contribution in [2.45, 2.75) is 61.7 Å². The van der Waals surface area contributed by atoms with Gasteiger partial charge in [-0.25, -0.2) is 0 Å². The zero-order valence-corrected chi connectivity index (χ0v) is 16.2. The summed E-state index contributed by atoms with van der Waals surface area (Å²) in [4.78, 5) is 15.0. The molecule has 25 heavy (non-hydrogen) atoms. The van der Waals surface area contributed by atoms with Gasteiger partial charge in [0.2, 0.25) is 5.91 Å². The number of nitrogens with one attached hydrogen (secondary N) is 1. The van der Waals surface area contributed by atoms with E-state index in [0.29, 0.717) is 18.4 Å². The molecule has 1 saturated carbocycles. The number of anilines is 1. The fourth-order valence-electron chi connectivity index (χ4n) is 4.30. The molecule has 1 aromatic carbocycles. The second-order valence-corrected chi connectivity index (χ2v) is 8.55. The number of hydrogen-bond donors (Lipinski definition) is 1. The van der Waals surface area contributed by atoms with Crippen molar-refractivity contribution in [2.75, 3.05) is 18.4 Å². The minimum absolute atomic E-state index is 0.00181. The first-order chi connectivity index (χ1) is 12.1. The fourth-order valence-corrected chi connectivity index (χ4v) is 5.07. The highest BCUT2D eigenvalue weighted by molar-refractivity contribution is 6.22. The van der Waals surface area contributed by atoms with E-state index in [1.165, 1.54) is 12.8 Å². The topological polar surface area (TPSA) is 32.3 Å². The molecular formula is C20H28Cl2N2O. The zero-order chi connectivity index (χ0) is 17.6. The molecule has 1 amide bonds. The van der Waals surface area contributed by atoms with Gasteiger partial charge in [0.15, 0.2) is 0 Å². The first-order valence-electron chi connectivity index (χ1n) is 9.50. The standard InChI is InChI=1S/C20H28Cl2N2O/c21-15-7-6-10-17(19(13-15)24-11-4-5-12-24)18(22)14-20(25)23-16-8-2-1-3-9-16/h1-3,8-9,15,17-19H,4-7,10-14H2,(H,23,25). The molecular weight excluding hydrogens is 355 g/mol. The Morgan fingerprint density at radius 2 is 1.88 bits per heavy atom. The van der Waals surface area contributed by atoms with Crippen molar-refractivity contribution in [2.24, 2.45) is 5.92 Å². The average Bonchev–Trinajstić information content (AvgIpc) is 3.05. The van der Waals surface area contributed by atoms with Gasteiger partial charge in [-0.2, -0.15) is 0 Å². The van der Waals surface area contributed by atoms with Gasteiger partial charge in [0, 0.05) is 28.9 Å². The van der Waals surface area contributed by atoms with Crippen LogP contribution < -0.4 is 5.32 Å². The Hall–Kier alpha value is -0.770. The summed E-state index contributed by atoms with van der Waals surface area (Å²) in [6.45, 7) is 2.29. The number of rotatable bonds is 5. The van der Waals surface area contributed by atoms with Gasteiger partial charge in [0.05, 0.1) is 0 Å². The molecule has 1 heterocycles. The third-order valence-electron chi connectivity index (χ3n) is 5.56. The summed E-state index contributed by atoms with van der Waals surface area (Å²) in [5, 5.41) is 3.05. The van der Waals surface area contributed by atoms with Crippen molar-refractivity contribution in [3.63, 3.8) is 0 Å². The summed E-state index contributed by atoms with van der Waals surface area (Å²) < 4.78 is 0. The molecule has 5 heteroatoms. The lowest BCUT2D eigenvalue weighted by Crippen LogP contribution is -2.43. The summed E-state index contributed by atoms with van der Waals surface area (Å²) in [6.07, 6.45) is 7.11. The molecule has 4 atom stereocenters. The lowest BCUT2D eigenvalue weighted by Gasteiger charge is -2.36. The van der Waals surface area contributed by atoms with Crippen LogP contribution in [0.15, 0.2) is 30.3 Å². The van der Waals surface area contributed by atoms with Crippen LogP contribution in [0.4, 0.5) is 5.69 Å². The van der Waals surface area contributed by atoms with E-state index in [0.717, 1.165) is 44.5 Å². The maximum atomic E-state index is 12.4. The van der Waals surface area contributed by atoms with Crippen molar-refractivity contribution in [1.82, 2.24) is 4.90 Å². The maximum absolute atomic E-state index is 12.4. The number of amides is 1. The number of halogens is 2. The van der Waals surface area contributed by atoms with E-state index in [-0.39, 0.29) is 16.7 Å². The Bertz CT molecular complexity index is 548. The Labute approximate surface area is 161 Å². The molecule has 1 aliphatic carbocycles. The van der Waals surface area contributed by atoms with E-state index >= 15 is 0 Å². The molecule has 1 aliphatic heterocycles. The van der Waals surface area contributed by atoms with Crippen LogP contribution in [0.3, 0.4) is 0 Å². The second-order valence-electron chi connectivity index (χ2n) is 7.37. The van der Waals surface area contributed by atoms with E-state index in [2.05, 4.69) is 10.2 Å². The minimum Gasteiger partial charge on any atom is -0.326 e. The van der Waals surface area contributed by atoms with E-state index < -0.39 is 0 Å². The fraction of sp³-hybridized carbons (Fsp3) is 0.650. The molecule has 0 spiro atoms. The zero-order valence-electron chi connectivity index (χ0n) is 14.7. The number of carbonyl (C=O) groups is 1. The van der Waals surface area contributed by atoms with E-state index in [4.69, 9.17) is 23.2 Å². The number of alkyl halides is 2. The quantitative estimate of drug-likeness (QED) is 0.580. The highest BCUT2D eigenvalue weighted by Gasteiger charge is 2.37. The van der Waals surface area contributed by atoms with Crippen LogP contribution >= 0.6 is 23.2 Å². The summed E-state index contributed by atoms with van der Waals surface area (Å²) in [5.74, 6) is 0.336. The molecule has 0 radical (unpaired) electrons. The first-order valence-corrected chi connectivity index (χ1v) is 10.4. The second kappa shape index (κ2) is 9.25. The van der Waals surface area contributed by atoms with Gasteiger partial charge < -0.3 is 10.2 Å². The predicted octanol–water partition coefficient (Wildman–Crippen LogP) is 4.88. The number of carbonyl (C=O) groups excluding carboxylic acids is 1. The summed E-state index contributed by atoms with van der Waals surface area (Å²) in [6, 6.07) is 10.00. The van der Waals surface area contributed by atoms with Crippen LogP contribution in [0.5, 0.6) is 0 Å². The number of hydrogen-bond acceptors (Lipinski definition) is 2. The summed E-state index contributed by atoms with van der Waals surface area (Å²) >= 11 is 13.3. The largest absolute Gasteiger partial charge is 0.326 e. The first kappa shape index (κ1) is 19.0. The Morgan fingerprint density at radius 1 is 1.16 bits per heavy atom. The van der Waals surface area contributed by atoms with Gasteiger partial charge in [0.1, 0.15) is 0 Å². The molecule has 0 bridgehead atoms. The molecule has 3 nitrogen and oxygen atoms in total. The number of likely N-dealkylation sites (tertiary alicyclic amines) is 1. The van der Waals surface area contributed by atoms with Crippen molar-refractivity contribution < 1.29 is 4.79 Å². The lowest BCUT2D eigenvalue weighted by atomic mass is 9.88. The van der Waals surface area contributed by atoms with Gasteiger partial charge >= 0.3 is 0 Å². The Balaban J connectivity index is 1.62. The molecule has 1 N–H and O–H groups in total. The van der Waals surface area contributed by atoms with E-state index in [1.54, 1.807) is 0 Å². The van der Waals surface area contributed by atoms with Crippen LogP contribution in [-0.4, -0.2) is 40.7 Å². The SMILES string of the molecule is O=C(CC(Cl)C1CCCC(Cl)CC1N1CCCC1)Nc1ccccc1. The molecule has 1 aromatic rings. The van der Waals surface area contributed by atoms with Crippen LogP contribution in [0.2, 0.25) is 0 Å². The third kappa shape index (κ3) is 5.35. The van der Waals surface area contributed by atoms with Crippen LogP contribution in [0.25, 0.3) is 0 Å². The van der Waals surface area contributed by atoms with Gasteiger partial charge in [-0.05, 0) is 63.2 Å². The van der Waals surface area contributed by atoms with Gasteiger partial charge in [0.25, 0.3) is 0 Å². The van der Waals surface area contributed by atoms with E-state index in [1.807, 2.05) is 30.3 Å². The molecule has 1 saturated heterocycles. The highest BCUT2D eigenvalue weighted by atomic mass is 35.5. The number of benzene rings is 1. The van der Waals surface area contributed by atoms with Crippen molar-refractivity contribution in [1.29, 1.82) is 0 Å². The third-order valence-corrected chi connectivity index (χ3v) is 6.43. The molecule has 2 fully saturated rings. The van der Waals surface area contributed by atoms with Gasteiger partial charge in [-0.3, -0.25) is 4.79 Å². The monoisotopic (exact) mass is 382 g/mol. The van der Waals surface area contributed by atoms with Crippen LogP contribution in [-0.2, 0) is 4.79 Å². The van der Waals surface area contributed by atoms with Gasteiger partial charge in [-0.15, -0.1) is 23.2 Å². The Morgan fingerprint density at radius 3 is 2.60 bits per heavy atom. The molecule has 3 rings (SSSR count). The Kier molecular flexibility index (Phi) is 7.03. The van der Waals surface area contributed by atoms with Crippen molar-refractivity contribution in [3.8, 4) is 0 Å². The summed E-state index contributed by atoms with van der Waals surface area (Å²) in [5.41, 5.74) is 0.828. The summed E-state index contributed by atoms with van der Waals surface area (Å²) in [7, 11) is 0. The van der Waals surface area contributed by atoms with Crippen molar-refractivity contribution >= 4 is 34.8 Å². The van der Waals surface area contributed by atoms with E-state index in [9.17, 15) is 4.79 Å². The smallest absolute Gasteiger partial charge is 0.225 e. The number of para-hydroxylation sites is 1. The molecule has 138 valence electrons. The predicted molar refractivity (Wildman–Crippen MR) is 106 cm³/mol. The minimum atomic E-state index is -0.142.